The van der Waals surface area contributed by atoms with Crippen molar-refractivity contribution < 1.29 is 0 Å². The van der Waals surface area contributed by atoms with Crippen molar-refractivity contribution in [3.8, 4) is 12.1 Å². The predicted octanol–water partition coefficient (Wildman–Crippen LogP) is 3.28. The molecule has 0 aromatic heterocycles. The van der Waals surface area contributed by atoms with Gasteiger partial charge in [-0.2, -0.15) is 10.5 Å². The topological polar surface area (TPSA) is 86.9 Å². The highest BCUT2D eigenvalue weighted by molar-refractivity contribution is 5.08. The summed E-state index contributed by atoms with van der Waals surface area (Å²) in [5.74, 6) is 4.34. The quantitative estimate of drug-likeness (QED) is 0.609. The van der Waals surface area contributed by atoms with Crippen LogP contribution in [0.2, 0.25) is 0 Å². The predicted molar refractivity (Wildman–Crippen MR) is 130 cm³/mol. The van der Waals surface area contributed by atoms with Crippen LogP contribution in [0.5, 0.6) is 0 Å². The third-order valence-electron chi connectivity index (χ3n) is 10.6. The molecule has 8 unspecified atom stereocenters. The summed E-state index contributed by atoms with van der Waals surface area (Å²) < 4.78 is 0. The number of hydrogen-bond donors (Lipinski definition) is 3. The van der Waals surface area contributed by atoms with Gasteiger partial charge in [0, 0.05) is 38.3 Å². The molecule has 3 heterocycles. The van der Waals surface area contributed by atoms with Crippen molar-refractivity contribution in [3.63, 3.8) is 0 Å². The van der Waals surface area contributed by atoms with E-state index in [1.807, 2.05) is 0 Å². The van der Waals surface area contributed by atoms with Crippen LogP contribution in [-0.2, 0) is 0 Å². The molecule has 5 aliphatic rings. The fourth-order valence-corrected chi connectivity index (χ4v) is 8.50. The van der Waals surface area contributed by atoms with Gasteiger partial charge in [-0.1, -0.05) is 0 Å². The van der Waals surface area contributed by atoms with E-state index in [-0.39, 0.29) is 11.3 Å². The summed E-state index contributed by atoms with van der Waals surface area (Å²) in [7, 11) is 2.26. The molecule has 2 saturated carbocycles. The van der Waals surface area contributed by atoms with Crippen molar-refractivity contribution in [3.05, 3.63) is 0 Å². The largest absolute Gasteiger partial charge is 0.315 e. The van der Waals surface area contributed by atoms with Gasteiger partial charge in [-0.25, -0.2) is 5.01 Å². The first kappa shape index (κ1) is 23.6. The summed E-state index contributed by atoms with van der Waals surface area (Å²) in [6.07, 6.45) is 9.94. The zero-order valence-corrected chi connectivity index (χ0v) is 20.9. The zero-order valence-electron chi connectivity index (χ0n) is 20.9. The highest BCUT2D eigenvalue weighted by Gasteiger charge is 2.53. The number of nitrogens with zero attached hydrogens (tertiary/aromatic N) is 3. The Morgan fingerprint density at radius 1 is 0.879 bits per heavy atom. The Kier molecular flexibility index (Phi) is 6.75. The van der Waals surface area contributed by atoms with Crippen molar-refractivity contribution in [1.29, 1.82) is 10.5 Å². The van der Waals surface area contributed by atoms with Gasteiger partial charge in [-0.3, -0.25) is 5.43 Å². The van der Waals surface area contributed by atoms with Gasteiger partial charge >= 0.3 is 0 Å². The van der Waals surface area contributed by atoms with Gasteiger partial charge < -0.3 is 10.6 Å². The Labute approximate surface area is 200 Å². The van der Waals surface area contributed by atoms with Crippen LogP contribution in [0.1, 0.15) is 65.2 Å². The SMILES string of the molecule is CN1NC(C2CCC(C(C)(C)C#N)CC2)C2C3CC(C4CNCC(C#N)C4)CCC3NCC21. The van der Waals surface area contributed by atoms with E-state index in [4.69, 9.17) is 0 Å². The monoisotopic (exact) mass is 452 g/mol. The molecule has 0 bridgehead atoms. The third-order valence-corrected chi connectivity index (χ3v) is 10.6. The zero-order chi connectivity index (χ0) is 23.2. The Morgan fingerprint density at radius 2 is 1.64 bits per heavy atom. The molecule has 0 radical (unpaired) electrons. The maximum Gasteiger partial charge on any atom is 0.0686 e. The number of hydrogen-bond acceptors (Lipinski definition) is 6. The first-order valence-corrected chi connectivity index (χ1v) is 13.6. The minimum absolute atomic E-state index is 0.193. The summed E-state index contributed by atoms with van der Waals surface area (Å²) in [4.78, 5) is 0. The van der Waals surface area contributed by atoms with Crippen LogP contribution in [0, 0.1) is 69.5 Å². The van der Waals surface area contributed by atoms with Crippen LogP contribution in [0.25, 0.3) is 0 Å². The maximum absolute atomic E-state index is 9.61. The van der Waals surface area contributed by atoms with Crippen LogP contribution in [0.3, 0.4) is 0 Å². The minimum Gasteiger partial charge on any atom is -0.315 e. The van der Waals surface area contributed by atoms with Gasteiger partial charge in [0.05, 0.1) is 23.5 Å². The number of rotatable bonds is 3. The van der Waals surface area contributed by atoms with E-state index in [1.54, 1.807) is 0 Å². The molecule has 5 fully saturated rings. The summed E-state index contributed by atoms with van der Waals surface area (Å²) in [6, 6.07) is 6.92. The Balaban J connectivity index is 1.29. The van der Waals surface area contributed by atoms with Crippen molar-refractivity contribution in [2.24, 2.45) is 46.8 Å². The smallest absolute Gasteiger partial charge is 0.0686 e. The Morgan fingerprint density at radius 3 is 2.36 bits per heavy atom. The van der Waals surface area contributed by atoms with Gasteiger partial charge in [-0.15, -0.1) is 0 Å². The number of nitrogens with one attached hydrogen (secondary N) is 3. The molecule has 182 valence electrons. The number of likely N-dealkylation sites (N-methyl/N-ethyl adjacent to an activating group) is 1. The van der Waals surface area contributed by atoms with Crippen molar-refractivity contribution in [2.45, 2.75) is 83.3 Å². The van der Waals surface area contributed by atoms with Crippen molar-refractivity contribution >= 4 is 0 Å². The first-order chi connectivity index (χ1) is 15.9. The van der Waals surface area contributed by atoms with Crippen molar-refractivity contribution in [1.82, 2.24) is 21.1 Å². The lowest BCUT2D eigenvalue weighted by atomic mass is 9.60. The van der Waals surface area contributed by atoms with Crippen LogP contribution in [-0.4, -0.2) is 49.8 Å². The van der Waals surface area contributed by atoms with Gasteiger partial charge in [0.2, 0.25) is 0 Å². The molecule has 3 aliphatic heterocycles. The van der Waals surface area contributed by atoms with Crippen LogP contribution in [0.15, 0.2) is 0 Å². The molecule has 0 amide bonds. The summed E-state index contributed by atoms with van der Waals surface area (Å²) >= 11 is 0. The fraction of sp³-hybridized carbons (Fsp3) is 0.926. The number of nitriles is 2. The van der Waals surface area contributed by atoms with Crippen molar-refractivity contribution in [2.75, 3.05) is 26.7 Å². The van der Waals surface area contributed by atoms with Crippen LogP contribution in [0.4, 0.5) is 0 Å². The van der Waals surface area contributed by atoms with E-state index >= 15 is 0 Å². The van der Waals surface area contributed by atoms with E-state index in [9.17, 15) is 10.5 Å². The molecule has 33 heavy (non-hydrogen) atoms. The van der Waals surface area contributed by atoms with Gasteiger partial charge in [-0.05, 0) is 107 Å². The highest BCUT2D eigenvalue weighted by atomic mass is 15.6. The van der Waals surface area contributed by atoms with E-state index in [2.05, 4.69) is 54.1 Å². The standard InChI is InChI=1S/C27H44N6/c1-27(2,16-29)21-7-4-18(5-8-21)26-25-22-11-19(20-10-17(12-28)13-30-14-20)6-9-23(22)31-15-24(25)33(3)32-26/h17-26,30-32H,4-11,13-15H2,1-3H3. The molecule has 3 saturated heterocycles. The van der Waals surface area contributed by atoms with Gasteiger partial charge in [0.25, 0.3) is 0 Å². The molecular formula is C27H44N6. The molecule has 8 atom stereocenters. The first-order valence-electron chi connectivity index (χ1n) is 13.6. The summed E-state index contributed by atoms with van der Waals surface area (Å²) in [6.45, 7) is 7.34. The normalized spacial score (nSPS) is 46.6. The Bertz CT molecular complexity index is 774. The molecule has 6 heteroatoms. The Hall–Kier alpha value is -1.18. The van der Waals surface area contributed by atoms with Gasteiger partial charge in [0.15, 0.2) is 0 Å². The van der Waals surface area contributed by atoms with E-state index in [0.717, 1.165) is 49.7 Å². The molecule has 5 rings (SSSR count). The average molecular weight is 453 g/mol. The third kappa shape index (κ3) is 4.45. The molecule has 0 spiro atoms. The lowest BCUT2D eigenvalue weighted by Gasteiger charge is -2.50. The number of piperidine rings is 2. The minimum atomic E-state index is -0.195. The second kappa shape index (κ2) is 9.46. The van der Waals surface area contributed by atoms with E-state index in [0.29, 0.717) is 30.0 Å². The van der Waals surface area contributed by atoms with Gasteiger partial charge in [0.1, 0.15) is 0 Å². The number of fused-ring (bicyclic) bond motifs is 3. The number of hydrazine groups is 1. The lowest BCUT2D eigenvalue weighted by Crippen LogP contribution is -2.59. The average Bonchev–Trinajstić information content (AvgIpc) is 3.20. The summed E-state index contributed by atoms with van der Waals surface area (Å²) in [5, 5.41) is 29.0. The lowest BCUT2D eigenvalue weighted by molar-refractivity contribution is 0.0369. The molecular weight excluding hydrogens is 408 g/mol. The molecule has 0 aromatic carbocycles. The molecule has 0 aromatic rings. The second-order valence-electron chi connectivity index (χ2n) is 12.6. The molecule has 3 N–H and O–H groups in total. The van der Waals surface area contributed by atoms with E-state index in [1.165, 1.54) is 44.9 Å². The van der Waals surface area contributed by atoms with Crippen LogP contribution < -0.4 is 16.1 Å². The summed E-state index contributed by atoms with van der Waals surface area (Å²) in [5.41, 5.74) is 3.75. The highest BCUT2D eigenvalue weighted by Crippen LogP contribution is 2.49. The second-order valence-corrected chi connectivity index (χ2v) is 12.6. The van der Waals surface area contributed by atoms with Crippen LogP contribution >= 0.6 is 0 Å². The maximum atomic E-state index is 9.61. The fourth-order valence-electron chi connectivity index (χ4n) is 8.50. The van der Waals surface area contributed by atoms with E-state index < -0.39 is 0 Å². The molecule has 2 aliphatic carbocycles. The molecule has 6 nitrogen and oxygen atoms in total.